The van der Waals surface area contributed by atoms with Gasteiger partial charge in [-0.25, -0.2) is 19.3 Å². The molecule has 280 valence electrons. The number of aromatic nitrogens is 6. The lowest BCUT2D eigenvalue weighted by atomic mass is 10.1. The predicted octanol–water partition coefficient (Wildman–Crippen LogP) is 2.90. The second-order valence-corrected chi connectivity index (χ2v) is 13.0. The topological polar surface area (TPSA) is 156 Å². The average molecular weight is 738 g/mol. The van der Waals surface area contributed by atoms with E-state index >= 15 is 0 Å². The van der Waals surface area contributed by atoms with Gasteiger partial charge in [0, 0.05) is 64.2 Å². The highest BCUT2D eigenvalue weighted by atomic mass is 19.4. The molecule has 7 heterocycles. The predicted molar refractivity (Wildman–Crippen MR) is 184 cm³/mol. The van der Waals surface area contributed by atoms with Gasteiger partial charge in [0.05, 0.1) is 62.0 Å². The zero-order chi connectivity index (χ0) is 37.4. The minimum Gasteiger partial charge on any atom is -0.453 e. The van der Waals surface area contributed by atoms with Gasteiger partial charge in [-0.3, -0.25) is 24.5 Å². The van der Waals surface area contributed by atoms with Gasteiger partial charge in [-0.15, -0.1) is 5.10 Å². The number of morpholine rings is 1. The van der Waals surface area contributed by atoms with Crippen molar-refractivity contribution in [2.24, 2.45) is 0 Å². The number of methoxy groups -OCH3 is 1. The molecule has 0 saturated carbocycles. The van der Waals surface area contributed by atoms with Gasteiger partial charge >= 0.3 is 12.3 Å². The van der Waals surface area contributed by atoms with Crippen molar-refractivity contribution in [3.05, 3.63) is 65.8 Å². The lowest BCUT2D eigenvalue weighted by Crippen LogP contribution is -2.49. The molecular formula is C34H38F3N11O5. The van der Waals surface area contributed by atoms with E-state index in [4.69, 9.17) is 4.74 Å². The quantitative estimate of drug-likeness (QED) is 0.279. The number of amides is 3. The van der Waals surface area contributed by atoms with E-state index in [1.807, 2.05) is 17.9 Å². The summed E-state index contributed by atoms with van der Waals surface area (Å²) in [5.41, 5.74) is 1.25. The fourth-order valence-electron chi connectivity index (χ4n) is 6.87. The van der Waals surface area contributed by atoms with E-state index in [2.05, 4.69) is 41.7 Å². The van der Waals surface area contributed by atoms with Crippen molar-refractivity contribution in [3.63, 3.8) is 0 Å². The molecule has 7 rings (SSSR count). The van der Waals surface area contributed by atoms with Crippen molar-refractivity contribution in [2.75, 3.05) is 69.8 Å². The molecule has 0 spiro atoms. The Bertz CT molecular complexity index is 2050. The third-order valence-electron chi connectivity index (χ3n) is 9.67. The molecule has 2 saturated heterocycles. The molecule has 3 aliphatic rings. The average Bonchev–Trinajstić information content (AvgIpc) is 3.76. The van der Waals surface area contributed by atoms with Gasteiger partial charge in [-0.05, 0) is 30.7 Å². The summed E-state index contributed by atoms with van der Waals surface area (Å²) in [6, 6.07) is 2.57. The second-order valence-electron chi connectivity index (χ2n) is 13.0. The van der Waals surface area contributed by atoms with Crippen LogP contribution in [-0.4, -0.2) is 128 Å². The van der Waals surface area contributed by atoms with Gasteiger partial charge in [0.1, 0.15) is 11.3 Å². The minimum absolute atomic E-state index is 0.0781. The number of pyridine rings is 1. The summed E-state index contributed by atoms with van der Waals surface area (Å²) < 4.78 is 56.4. The van der Waals surface area contributed by atoms with Crippen LogP contribution in [-0.2, 0) is 40.1 Å². The molecule has 1 unspecified atom stereocenters. The van der Waals surface area contributed by atoms with Crippen LogP contribution in [0.2, 0.25) is 0 Å². The third kappa shape index (κ3) is 7.25. The van der Waals surface area contributed by atoms with Gasteiger partial charge in [-0.2, -0.15) is 18.3 Å². The summed E-state index contributed by atoms with van der Waals surface area (Å²) in [6.07, 6.45) is -0.157. The Labute approximate surface area is 301 Å². The standard InChI is InChI=1S/C34H38F3N11O5/c1-4-29(49)46-20-27-24(16-39-47(27)17-21(46)2)32(50)45-7-5-43(6-8-45)18-22-13-26-31(44-9-11-53-12-10-44)41-30(42-48(26)19-22)23-15-38-28(40-33(51)52-3)14-25(23)34(35,36)37/h4,13-16,19,21H,1,5-12,17-18,20H2,2-3H3,(H,38,40,51). The Hall–Kier alpha value is -5.56. The molecule has 3 aliphatic heterocycles. The van der Waals surface area contributed by atoms with Crippen LogP contribution < -0.4 is 10.2 Å². The minimum atomic E-state index is -4.81. The molecule has 4 aromatic heterocycles. The summed E-state index contributed by atoms with van der Waals surface area (Å²) in [5.74, 6) is -0.399. The van der Waals surface area contributed by atoms with Crippen LogP contribution in [0.1, 0.15) is 34.1 Å². The molecule has 53 heavy (non-hydrogen) atoms. The monoisotopic (exact) mass is 737 g/mol. The lowest BCUT2D eigenvalue weighted by Gasteiger charge is -2.36. The Balaban J connectivity index is 1.11. The zero-order valence-electron chi connectivity index (χ0n) is 29.2. The molecule has 16 nitrogen and oxygen atoms in total. The zero-order valence-corrected chi connectivity index (χ0v) is 29.2. The number of hydrogen-bond acceptors (Lipinski definition) is 11. The molecule has 0 aliphatic carbocycles. The Morgan fingerprint density at radius 1 is 1.09 bits per heavy atom. The number of nitrogens with zero attached hydrogens (tertiary/aromatic N) is 10. The van der Waals surface area contributed by atoms with Crippen LogP contribution in [0, 0.1) is 0 Å². The first-order valence-corrected chi connectivity index (χ1v) is 17.1. The molecule has 19 heteroatoms. The maximum Gasteiger partial charge on any atom is 0.417 e. The first kappa shape index (κ1) is 35.8. The Kier molecular flexibility index (Phi) is 9.77. The highest BCUT2D eigenvalue weighted by Crippen LogP contribution is 2.38. The number of carbonyl (C=O) groups is 3. The van der Waals surface area contributed by atoms with Crippen molar-refractivity contribution in [1.29, 1.82) is 0 Å². The molecule has 0 aromatic carbocycles. The smallest absolute Gasteiger partial charge is 0.417 e. The SMILES string of the molecule is C=CC(=O)N1Cc2c(C(=O)N3CCN(Cc4cc5c(N6CCOCC6)nc(-c6cnc(NC(=O)OC)cc6C(F)(F)F)nn5c4)CC3)cnn2CC1C. The van der Waals surface area contributed by atoms with Crippen molar-refractivity contribution in [2.45, 2.75) is 38.8 Å². The first-order chi connectivity index (χ1) is 25.4. The number of nitrogens with one attached hydrogen (secondary N) is 1. The largest absolute Gasteiger partial charge is 0.453 e. The van der Waals surface area contributed by atoms with Gasteiger partial charge in [0.25, 0.3) is 5.91 Å². The van der Waals surface area contributed by atoms with Crippen molar-refractivity contribution in [1.82, 2.24) is 44.1 Å². The molecule has 1 atom stereocenters. The second kappa shape index (κ2) is 14.5. The maximum absolute atomic E-state index is 14.4. The molecular weight excluding hydrogens is 699 g/mol. The highest BCUT2D eigenvalue weighted by Gasteiger charge is 2.37. The summed E-state index contributed by atoms with van der Waals surface area (Å²) in [5, 5.41) is 11.1. The van der Waals surface area contributed by atoms with Crippen LogP contribution >= 0.6 is 0 Å². The Morgan fingerprint density at radius 2 is 1.85 bits per heavy atom. The van der Waals surface area contributed by atoms with Crippen molar-refractivity contribution in [3.8, 4) is 11.4 Å². The van der Waals surface area contributed by atoms with Gasteiger partial charge in [0.2, 0.25) is 5.91 Å². The van der Waals surface area contributed by atoms with Crippen LogP contribution in [0.25, 0.3) is 16.9 Å². The number of halogens is 3. The van der Waals surface area contributed by atoms with E-state index in [1.54, 1.807) is 26.9 Å². The molecule has 0 bridgehead atoms. The molecule has 0 radical (unpaired) electrons. The van der Waals surface area contributed by atoms with E-state index in [0.29, 0.717) is 88.2 Å². The summed E-state index contributed by atoms with van der Waals surface area (Å²) in [4.78, 5) is 54.0. The Morgan fingerprint density at radius 3 is 2.55 bits per heavy atom. The maximum atomic E-state index is 14.4. The van der Waals surface area contributed by atoms with Crippen LogP contribution in [0.3, 0.4) is 0 Å². The summed E-state index contributed by atoms with van der Waals surface area (Å²) in [6.45, 7) is 10.7. The number of rotatable bonds is 7. The van der Waals surface area contributed by atoms with Crippen molar-refractivity contribution >= 4 is 35.1 Å². The molecule has 4 aromatic rings. The van der Waals surface area contributed by atoms with Crippen molar-refractivity contribution < 1.29 is 37.0 Å². The summed E-state index contributed by atoms with van der Waals surface area (Å²) >= 11 is 0. The molecule has 3 amide bonds. The third-order valence-corrected chi connectivity index (χ3v) is 9.67. The lowest BCUT2D eigenvalue weighted by molar-refractivity contribution is -0.137. The van der Waals surface area contributed by atoms with Crippen LogP contribution in [0.4, 0.5) is 29.6 Å². The number of ether oxygens (including phenoxy) is 2. The van der Waals surface area contributed by atoms with E-state index < -0.39 is 17.8 Å². The number of hydrogen-bond donors (Lipinski definition) is 1. The first-order valence-electron chi connectivity index (χ1n) is 17.1. The van der Waals surface area contributed by atoms with Gasteiger partial charge < -0.3 is 24.2 Å². The van der Waals surface area contributed by atoms with E-state index in [1.165, 1.54) is 10.6 Å². The van der Waals surface area contributed by atoms with E-state index in [-0.39, 0.29) is 41.6 Å². The van der Waals surface area contributed by atoms with Gasteiger partial charge in [-0.1, -0.05) is 6.58 Å². The van der Waals surface area contributed by atoms with E-state index in [9.17, 15) is 27.6 Å². The normalized spacial score (nSPS) is 18.2. The summed E-state index contributed by atoms with van der Waals surface area (Å²) in [7, 11) is 1.09. The van der Waals surface area contributed by atoms with E-state index in [0.717, 1.165) is 24.9 Å². The molecule has 2 fully saturated rings. The number of carbonyl (C=O) groups excluding carboxylic acids is 3. The number of alkyl halides is 3. The number of piperazine rings is 1. The van der Waals surface area contributed by atoms with Crippen LogP contribution in [0.15, 0.2) is 43.4 Å². The van der Waals surface area contributed by atoms with Gasteiger partial charge in [0.15, 0.2) is 11.6 Å². The highest BCUT2D eigenvalue weighted by molar-refractivity contribution is 5.95. The van der Waals surface area contributed by atoms with Crippen LogP contribution in [0.5, 0.6) is 0 Å². The fraction of sp³-hybridized carbons (Fsp3) is 0.441. The number of anilines is 2. The number of fused-ring (bicyclic) bond motifs is 2. The fourth-order valence-corrected chi connectivity index (χ4v) is 6.87. The molecule has 1 N–H and O–H groups in total.